The fourth-order valence-electron chi connectivity index (χ4n) is 4.58. The summed E-state index contributed by atoms with van der Waals surface area (Å²) in [6, 6.07) is 12.5. The number of rotatable bonds is 6. The molecule has 0 atom stereocenters. The van der Waals surface area contributed by atoms with Gasteiger partial charge in [-0.15, -0.1) is 0 Å². The van der Waals surface area contributed by atoms with Crippen molar-refractivity contribution in [3.63, 3.8) is 0 Å². The van der Waals surface area contributed by atoms with Gasteiger partial charge in [0, 0.05) is 55.9 Å². The first-order chi connectivity index (χ1) is 16.5. The monoisotopic (exact) mass is 464 g/mol. The van der Waals surface area contributed by atoms with Crippen LogP contribution in [0.15, 0.2) is 58.6 Å². The summed E-state index contributed by atoms with van der Waals surface area (Å²) in [5.74, 6) is -1.84. The maximum atomic E-state index is 15.1. The largest absolute Gasteiger partial charge is 0.477 e. The number of aromatic carboxylic acids is 1. The van der Waals surface area contributed by atoms with Gasteiger partial charge in [-0.05, 0) is 25.0 Å². The van der Waals surface area contributed by atoms with Crippen molar-refractivity contribution in [2.75, 3.05) is 37.6 Å². The summed E-state index contributed by atoms with van der Waals surface area (Å²) < 4.78 is 17.0. The van der Waals surface area contributed by atoms with E-state index in [0.29, 0.717) is 49.6 Å². The Morgan fingerprint density at radius 1 is 1.09 bits per heavy atom. The molecule has 2 fully saturated rings. The van der Waals surface area contributed by atoms with Crippen molar-refractivity contribution in [1.29, 1.82) is 0 Å². The summed E-state index contributed by atoms with van der Waals surface area (Å²) in [5.41, 5.74) is 1.41. The van der Waals surface area contributed by atoms with Gasteiger partial charge in [0.05, 0.1) is 11.2 Å². The van der Waals surface area contributed by atoms with Crippen LogP contribution in [0.25, 0.3) is 10.9 Å². The van der Waals surface area contributed by atoms with Gasteiger partial charge in [-0.3, -0.25) is 9.69 Å². The highest BCUT2D eigenvalue weighted by Crippen LogP contribution is 2.38. The average molecular weight is 464 g/mol. The quantitative estimate of drug-likeness (QED) is 0.330. The van der Waals surface area contributed by atoms with E-state index in [0.717, 1.165) is 18.4 Å². The van der Waals surface area contributed by atoms with Crippen LogP contribution in [0.5, 0.6) is 0 Å². The first-order valence-electron chi connectivity index (χ1n) is 11.3. The number of benzene rings is 2. The zero-order chi connectivity index (χ0) is 23.8. The van der Waals surface area contributed by atoms with Gasteiger partial charge in [0.25, 0.3) is 0 Å². The zero-order valence-electron chi connectivity index (χ0n) is 18.5. The molecular weight excluding hydrogens is 439 g/mol. The van der Waals surface area contributed by atoms with Gasteiger partial charge < -0.3 is 19.8 Å². The molecule has 34 heavy (non-hydrogen) atoms. The Balaban J connectivity index is 1.39. The van der Waals surface area contributed by atoms with E-state index in [1.807, 2.05) is 39.8 Å². The number of carboxylic acids is 1. The number of anilines is 1. The summed E-state index contributed by atoms with van der Waals surface area (Å²) >= 11 is 0. The van der Waals surface area contributed by atoms with Crippen LogP contribution in [0.2, 0.25) is 0 Å². The smallest absolute Gasteiger partial charge is 0.341 e. The fraction of sp³-hybridized carbons (Fsp3) is 0.320. The van der Waals surface area contributed by atoms with Gasteiger partial charge in [-0.25, -0.2) is 9.18 Å². The second-order valence-electron chi connectivity index (χ2n) is 8.81. The van der Waals surface area contributed by atoms with Crippen molar-refractivity contribution in [2.24, 2.45) is 5.16 Å². The minimum Gasteiger partial charge on any atom is -0.477 e. The molecule has 0 bridgehead atoms. The summed E-state index contributed by atoms with van der Waals surface area (Å²) in [6.07, 6.45) is 3.20. The Morgan fingerprint density at radius 3 is 2.41 bits per heavy atom. The Hall–Kier alpha value is -3.72. The fourth-order valence-corrected chi connectivity index (χ4v) is 4.58. The molecule has 9 heteroatoms. The van der Waals surface area contributed by atoms with Gasteiger partial charge in [-0.1, -0.05) is 35.5 Å². The maximum absolute atomic E-state index is 15.1. The standard InChI is InChI=1S/C25H25FN4O4/c26-20-12-18-22(30(17-6-7-17)14-19(24(18)31)25(32)33)13-23(20)29-10-8-28(9-11-29)15-21(27-34)16-4-2-1-3-5-16/h1-5,12-14,17,34H,6-11,15H2,(H,32,33)/b27-21-. The number of halogens is 1. The van der Waals surface area contributed by atoms with Crippen molar-refractivity contribution in [3.8, 4) is 0 Å². The number of fused-ring (bicyclic) bond motifs is 1. The number of pyridine rings is 1. The molecule has 5 rings (SSSR count). The Labute approximate surface area is 195 Å². The summed E-state index contributed by atoms with van der Waals surface area (Å²) in [6.45, 7) is 2.91. The lowest BCUT2D eigenvalue weighted by Gasteiger charge is -2.36. The average Bonchev–Trinajstić information content (AvgIpc) is 3.69. The molecular formula is C25H25FN4O4. The SMILES string of the molecule is O=C(O)c1cn(C2CC2)c2cc(N3CCN(C/C(=N/O)c4ccccc4)CC3)c(F)cc2c1=O. The van der Waals surface area contributed by atoms with E-state index in [1.54, 1.807) is 6.07 Å². The third-order valence-corrected chi connectivity index (χ3v) is 6.59. The third kappa shape index (κ3) is 4.14. The number of piperazine rings is 1. The van der Waals surface area contributed by atoms with Gasteiger partial charge >= 0.3 is 5.97 Å². The summed E-state index contributed by atoms with van der Waals surface area (Å²) in [7, 11) is 0. The molecule has 3 aromatic rings. The van der Waals surface area contributed by atoms with Crippen LogP contribution in [0.3, 0.4) is 0 Å². The molecule has 176 valence electrons. The normalized spacial score (nSPS) is 17.3. The Bertz CT molecular complexity index is 1330. The molecule has 1 aliphatic heterocycles. The van der Waals surface area contributed by atoms with E-state index >= 15 is 4.39 Å². The van der Waals surface area contributed by atoms with Crippen LogP contribution in [-0.2, 0) is 0 Å². The van der Waals surface area contributed by atoms with E-state index in [-0.39, 0.29) is 17.0 Å². The van der Waals surface area contributed by atoms with E-state index in [1.165, 1.54) is 12.3 Å². The summed E-state index contributed by atoms with van der Waals surface area (Å²) in [5, 5.41) is 22.4. The van der Waals surface area contributed by atoms with E-state index in [2.05, 4.69) is 10.1 Å². The van der Waals surface area contributed by atoms with Crippen LogP contribution >= 0.6 is 0 Å². The molecule has 8 nitrogen and oxygen atoms in total. The molecule has 0 radical (unpaired) electrons. The van der Waals surface area contributed by atoms with Crippen LogP contribution in [-0.4, -0.2) is 64.2 Å². The van der Waals surface area contributed by atoms with Crippen molar-refractivity contribution in [1.82, 2.24) is 9.47 Å². The highest BCUT2D eigenvalue weighted by atomic mass is 19.1. The highest BCUT2D eigenvalue weighted by molar-refractivity contribution is 6.01. The predicted molar refractivity (Wildman–Crippen MR) is 127 cm³/mol. The van der Waals surface area contributed by atoms with E-state index in [4.69, 9.17) is 0 Å². The van der Waals surface area contributed by atoms with Crippen molar-refractivity contribution < 1.29 is 19.5 Å². The molecule has 2 N–H and O–H groups in total. The Morgan fingerprint density at radius 2 is 1.79 bits per heavy atom. The molecule has 2 heterocycles. The first-order valence-corrected chi connectivity index (χ1v) is 11.3. The topological polar surface area (TPSA) is 98.4 Å². The lowest BCUT2D eigenvalue weighted by Crippen LogP contribution is -2.48. The molecule has 1 aromatic heterocycles. The number of nitrogens with zero attached hydrogens (tertiary/aromatic N) is 4. The number of carbonyl (C=O) groups is 1. The molecule has 0 unspecified atom stereocenters. The number of hydrogen-bond acceptors (Lipinski definition) is 6. The lowest BCUT2D eigenvalue weighted by molar-refractivity contribution is 0.0695. The second kappa shape index (κ2) is 8.90. The first kappa shape index (κ1) is 22.1. The predicted octanol–water partition coefficient (Wildman–Crippen LogP) is 3.17. The molecule has 0 spiro atoms. The second-order valence-corrected chi connectivity index (χ2v) is 8.81. The van der Waals surface area contributed by atoms with Gasteiger partial charge in [-0.2, -0.15) is 0 Å². The number of carboxylic acid groups (broad SMARTS) is 1. The molecule has 1 saturated carbocycles. The van der Waals surface area contributed by atoms with Gasteiger partial charge in [0.1, 0.15) is 17.1 Å². The van der Waals surface area contributed by atoms with Crippen molar-refractivity contribution >= 4 is 28.3 Å². The maximum Gasteiger partial charge on any atom is 0.341 e. The van der Waals surface area contributed by atoms with Gasteiger partial charge in [0.2, 0.25) is 5.43 Å². The van der Waals surface area contributed by atoms with Crippen LogP contribution < -0.4 is 10.3 Å². The minimum atomic E-state index is -1.30. The molecule has 2 aliphatic rings. The zero-order valence-corrected chi connectivity index (χ0v) is 18.5. The molecule has 1 saturated heterocycles. The van der Waals surface area contributed by atoms with Crippen LogP contribution in [0, 0.1) is 5.82 Å². The number of hydrogen-bond donors (Lipinski definition) is 2. The van der Waals surface area contributed by atoms with E-state index < -0.39 is 17.2 Å². The van der Waals surface area contributed by atoms with Crippen molar-refractivity contribution in [3.05, 3.63) is 75.8 Å². The Kier molecular flexibility index (Phi) is 5.79. The van der Waals surface area contributed by atoms with Crippen molar-refractivity contribution in [2.45, 2.75) is 18.9 Å². The number of aromatic nitrogens is 1. The summed E-state index contributed by atoms with van der Waals surface area (Å²) in [4.78, 5) is 28.3. The van der Waals surface area contributed by atoms with Gasteiger partial charge in [0.15, 0.2) is 0 Å². The molecule has 0 amide bonds. The molecule has 2 aromatic carbocycles. The molecule has 1 aliphatic carbocycles. The highest BCUT2D eigenvalue weighted by Gasteiger charge is 2.28. The third-order valence-electron chi connectivity index (χ3n) is 6.59. The minimum absolute atomic E-state index is 0.0957. The van der Waals surface area contributed by atoms with Crippen LogP contribution in [0.1, 0.15) is 34.8 Å². The number of oxime groups is 1. The van der Waals surface area contributed by atoms with E-state index in [9.17, 15) is 19.9 Å². The van der Waals surface area contributed by atoms with Crippen LogP contribution in [0.4, 0.5) is 10.1 Å². The lowest BCUT2D eigenvalue weighted by atomic mass is 10.1.